The molecule has 0 unspecified atom stereocenters. The van der Waals surface area contributed by atoms with Crippen LogP contribution in [0.2, 0.25) is 0 Å². The van der Waals surface area contributed by atoms with Gasteiger partial charge in [-0.15, -0.1) is 0 Å². The molecular formula is C21H23F3N4O4. The molecule has 32 heavy (non-hydrogen) atoms. The first kappa shape index (κ1) is 23.3. The number of rotatable bonds is 6. The van der Waals surface area contributed by atoms with Gasteiger partial charge in [0.25, 0.3) is 5.91 Å². The van der Waals surface area contributed by atoms with Crippen molar-refractivity contribution in [2.75, 3.05) is 44.6 Å². The zero-order chi connectivity index (χ0) is 23.1. The third-order valence-electron chi connectivity index (χ3n) is 4.96. The van der Waals surface area contributed by atoms with Gasteiger partial charge in [0.2, 0.25) is 11.8 Å². The van der Waals surface area contributed by atoms with Gasteiger partial charge in [-0.05, 0) is 30.7 Å². The molecule has 0 spiro atoms. The number of hydrogen-bond donors (Lipinski definition) is 2. The van der Waals surface area contributed by atoms with Gasteiger partial charge in [0, 0.05) is 26.2 Å². The van der Waals surface area contributed by atoms with Gasteiger partial charge in [0.05, 0.1) is 30.6 Å². The van der Waals surface area contributed by atoms with Crippen molar-refractivity contribution in [3.63, 3.8) is 0 Å². The number of carbonyl (C=O) groups is 3. The van der Waals surface area contributed by atoms with E-state index in [2.05, 4.69) is 10.6 Å². The fourth-order valence-corrected chi connectivity index (χ4v) is 3.37. The van der Waals surface area contributed by atoms with E-state index in [1.807, 2.05) is 0 Å². The van der Waals surface area contributed by atoms with Crippen molar-refractivity contribution in [2.45, 2.75) is 12.6 Å². The third kappa shape index (κ3) is 6.33. The van der Waals surface area contributed by atoms with Gasteiger partial charge < -0.3 is 20.0 Å². The molecule has 0 bridgehead atoms. The Balaban J connectivity index is 1.47. The van der Waals surface area contributed by atoms with Gasteiger partial charge in [-0.2, -0.15) is 13.2 Å². The number of carbonyl (C=O) groups excluding carboxylic acids is 3. The maximum absolute atomic E-state index is 13.1. The lowest BCUT2D eigenvalue weighted by molar-refractivity contribution is -0.137. The predicted molar refractivity (Wildman–Crippen MR) is 109 cm³/mol. The van der Waals surface area contributed by atoms with Crippen molar-refractivity contribution in [2.24, 2.45) is 0 Å². The van der Waals surface area contributed by atoms with Crippen LogP contribution in [-0.4, -0.2) is 66.8 Å². The maximum Gasteiger partial charge on any atom is 0.418 e. The van der Waals surface area contributed by atoms with Gasteiger partial charge in [-0.25, -0.2) is 0 Å². The highest BCUT2D eigenvalue weighted by Gasteiger charge is 2.33. The number of para-hydroxylation sites is 1. The molecule has 0 saturated carbocycles. The van der Waals surface area contributed by atoms with Crippen LogP contribution in [0.1, 0.15) is 22.5 Å². The fourth-order valence-electron chi connectivity index (χ4n) is 3.37. The highest BCUT2D eigenvalue weighted by Crippen LogP contribution is 2.34. The Bertz CT molecular complexity index is 947. The first-order valence-electron chi connectivity index (χ1n) is 10.0. The maximum atomic E-state index is 13.1. The van der Waals surface area contributed by atoms with Crippen molar-refractivity contribution < 1.29 is 32.0 Å². The largest absolute Gasteiger partial charge is 0.459 e. The number of amides is 3. The normalized spacial score (nSPS) is 15.2. The van der Waals surface area contributed by atoms with E-state index in [1.54, 1.807) is 15.9 Å². The lowest BCUT2D eigenvalue weighted by Crippen LogP contribution is -2.42. The van der Waals surface area contributed by atoms with Crippen LogP contribution in [0.5, 0.6) is 0 Å². The molecule has 1 aromatic heterocycles. The smallest absolute Gasteiger partial charge is 0.418 e. The van der Waals surface area contributed by atoms with Crippen LogP contribution in [0.15, 0.2) is 47.1 Å². The fraction of sp³-hybridized carbons (Fsp3) is 0.381. The molecule has 2 aromatic rings. The van der Waals surface area contributed by atoms with Crippen molar-refractivity contribution in [3.8, 4) is 0 Å². The second kappa shape index (κ2) is 10.3. The first-order chi connectivity index (χ1) is 15.2. The second-order valence-electron chi connectivity index (χ2n) is 7.26. The summed E-state index contributed by atoms with van der Waals surface area (Å²) in [5.74, 6) is -1.21. The van der Waals surface area contributed by atoms with Crippen molar-refractivity contribution >= 4 is 23.4 Å². The molecule has 1 aliphatic heterocycles. The van der Waals surface area contributed by atoms with Gasteiger partial charge in [-0.1, -0.05) is 12.1 Å². The molecule has 2 heterocycles. The average Bonchev–Trinajstić information content (AvgIpc) is 3.19. The van der Waals surface area contributed by atoms with Crippen LogP contribution in [0, 0.1) is 0 Å². The molecule has 0 aliphatic carbocycles. The summed E-state index contributed by atoms with van der Waals surface area (Å²) in [6.07, 6.45) is -2.62. The monoisotopic (exact) mass is 452 g/mol. The quantitative estimate of drug-likeness (QED) is 0.701. The van der Waals surface area contributed by atoms with E-state index in [4.69, 9.17) is 4.42 Å². The van der Waals surface area contributed by atoms with Crippen molar-refractivity contribution in [1.29, 1.82) is 0 Å². The molecule has 172 valence electrons. The highest BCUT2D eigenvalue weighted by atomic mass is 19.4. The molecule has 1 aliphatic rings. The number of benzene rings is 1. The van der Waals surface area contributed by atoms with E-state index < -0.39 is 23.6 Å². The Kier molecular flexibility index (Phi) is 7.52. The number of nitrogens with zero attached hydrogens (tertiary/aromatic N) is 2. The Hall–Kier alpha value is -3.34. The summed E-state index contributed by atoms with van der Waals surface area (Å²) < 4.78 is 44.2. The van der Waals surface area contributed by atoms with E-state index in [-0.39, 0.29) is 30.4 Å². The van der Waals surface area contributed by atoms with Crippen LogP contribution < -0.4 is 10.6 Å². The van der Waals surface area contributed by atoms with Crippen molar-refractivity contribution in [3.05, 3.63) is 54.0 Å². The van der Waals surface area contributed by atoms with E-state index in [1.165, 1.54) is 30.5 Å². The number of anilines is 1. The average molecular weight is 452 g/mol. The standard InChI is InChI=1S/C21H23F3N4O4/c22-21(23,24)15-5-1-2-6-16(15)26-18(29)14-27-8-4-9-28(11-10-27)19(30)13-25-20(31)17-7-3-12-32-17/h1-3,5-7,12H,4,8-11,13-14H2,(H,25,31)(H,26,29). The van der Waals surface area contributed by atoms with Crippen LogP contribution in [-0.2, 0) is 15.8 Å². The van der Waals surface area contributed by atoms with Gasteiger partial charge >= 0.3 is 6.18 Å². The van der Waals surface area contributed by atoms with E-state index in [0.29, 0.717) is 32.6 Å². The molecule has 3 rings (SSSR count). The number of alkyl halides is 3. The minimum Gasteiger partial charge on any atom is -0.459 e. The first-order valence-corrected chi connectivity index (χ1v) is 10.0. The molecule has 8 nitrogen and oxygen atoms in total. The number of hydrogen-bond acceptors (Lipinski definition) is 5. The molecular weight excluding hydrogens is 429 g/mol. The molecule has 0 atom stereocenters. The van der Waals surface area contributed by atoms with E-state index in [0.717, 1.165) is 6.07 Å². The summed E-state index contributed by atoms with van der Waals surface area (Å²) >= 11 is 0. The van der Waals surface area contributed by atoms with Gasteiger partial charge in [0.1, 0.15) is 0 Å². The van der Waals surface area contributed by atoms with Crippen LogP contribution in [0.3, 0.4) is 0 Å². The number of halogens is 3. The van der Waals surface area contributed by atoms with Gasteiger partial charge in [-0.3, -0.25) is 19.3 Å². The molecule has 3 amide bonds. The number of furan rings is 1. The Morgan fingerprint density at radius 1 is 1.00 bits per heavy atom. The molecule has 2 N–H and O–H groups in total. The minimum atomic E-state index is -4.57. The predicted octanol–water partition coefficient (Wildman–Crippen LogP) is 2.20. The summed E-state index contributed by atoms with van der Waals surface area (Å²) in [6.45, 7) is 1.40. The molecule has 1 saturated heterocycles. The minimum absolute atomic E-state index is 0.0938. The Morgan fingerprint density at radius 3 is 2.50 bits per heavy atom. The molecule has 0 radical (unpaired) electrons. The summed E-state index contributed by atoms with van der Waals surface area (Å²) in [5, 5.41) is 4.82. The second-order valence-corrected chi connectivity index (χ2v) is 7.26. The highest BCUT2D eigenvalue weighted by molar-refractivity contribution is 5.94. The molecule has 1 fully saturated rings. The topological polar surface area (TPSA) is 94.9 Å². The van der Waals surface area contributed by atoms with Crippen LogP contribution >= 0.6 is 0 Å². The summed E-state index contributed by atoms with van der Waals surface area (Å²) in [6, 6.07) is 7.86. The van der Waals surface area contributed by atoms with Crippen molar-refractivity contribution in [1.82, 2.24) is 15.1 Å². The van der Waals surface area contributed by atoms with Gasteiger partial charge in [0.15, 0.2) is 5.76 Å². The Morgan fingerprint density at radius 2 is 1.78 bits per heavy atom. The summed E-state index contributed by atoms with van der Waals surface area (Å²) in [5.41, 5.74) is -1.19. The zero-order valence-corrected chi connectivity index (χ0v) is 17.2. The summed E-state index contributed by atoms with van der Waals surface area (Å²) in [7, 11) is 0. The van der Waals surface area contributed by atoms with Crippen LogP contribution in [0.4, 0.5) is 18.9 Å². The SMILES string of the molecule is O=C(CN1CCCN(C(=O)CNC(=O)c2ccco2)CC1)Nc1ccccc1C(F)(F)F. The lowest BCUT2D eigenvalue weighted by atomic mass is 10.1. The number of nitrogens with one attached hydrogen (secondary N) is 2. The zero-order valence-electron chi connectivity index (χ0n) is 17.2. The summed E-state index contributed by atoms with van der Waals surface area (Å²) in [4.78, 5) is 40.0. The lowest BCUT2D eigenvalue weighted by Gasteiger charge is -2.22. The van der Waals surface area contributed by atoms with Crippen LogP contribution in [0.25, 0.3) is 0 Å². The third-order valence-corrected chi connectivity index (χ3v) is 4.96. The van der Waals surface area contributed by atoms with E-state index in [9.17, 15) is 27.6 Å². The van der Waals surface area contributed by atoms with E-state index >= 15 is 0 Å². The Labute approximate surface area is 182 Å². The molecule has 11 heteroatoms. The molecule has 1 aromatic carbocycles.